The Hall–Kier alpha value is -3.86. The predicted octanol–water partition coefficient (Wildman–Crippen LogP) is 1.97. The molecule has 0 radical (unpaired) electrons. The van der Waals surface area contributed by atoms with Crippen LogP contribution in [0.25, 0.3) is 11.1 Å². The summed E-state index contributed by atoms with van der Waals surface area (Å²) >= 11 is 1.20. The summed E-state index contributed by atoms with van der Waals surface area (Å²) in [6.07, 6.45) is 0. The minimum atomic E-state index is 0. The van der Waals surface area contributed by atoms with Gasteiger partial charge >= 0.3 is 5.88 Å². The maximum atomic E-state index is 10.6. The number of nitrogens with zero attached hydrogens (tertiary/aromatic N) is 3. The molecule has 28 heavy (non-hydrogen) atoms. The van der Waals surface area contributed by atoms with Gasteiger partial charge in [-0.3, -0.25) is 0 Å². The molecule has 9 nitrogen and oxygen atoms in total. The fourth-order valence-corrected chi connectivity index (χ4v) is 3.36. The topological polar surface area (TPSA) is 181 Å². The highest BCUT2D eigenvalue weighted by atomic mass is 32.2. The Morgan fingerprint density at radius 2 is 1.82 bits per heavy atom. The summed E-state index contributed by atoms with van der Waals surface area (Å²) in [6, 6.07) is 13.3. The van der Waals surface area contributed by atoms with Gasteiger partial charge in [0.1, 0.15) is 40.1 Å². The minimum absolute atomic E-state index is 0. The van der Waals surface area contributed by atoms with E-state index in [1.165, 1.54) is 30.0 Å². The quantitative estimate of drug-likeness (QED) is 0.544. The number of aromatic nitrogens is 1. The monoisotopic (exact) mass is 395 g/mol. The van der Waals surface area contributed by atoms with Gasteiger partial charge in [-0.05, 0) is 23.8 Å². The van der Waals surface area contributed by atoms with Crippen LogP contribution in [-0.2, 0) is 5.75 Å². The highest BCUT2D eigenvalue weighted by Gasteiger charge is 2.21. The lowest BCUT2D eigenvalue weighted by Crippen LogP contribution is -2.55. The number of hydrogen-bond acceptors (Lipinski definition) is 9. The van der Waals surface area contributed by atoms with Crippen LogP contribution in [-0.4, -0.2) is 15.6 Å². The zero-order chi connectivity index (χ0) is 19.4. The number of anilines is 1. The molecular formula is C18H13N5O4S. The van der Waals surface area contributed by atoms with Crippen molar-refractivity contribution in [2.75, 3.05) is 5.73 Å². The van der Waals surface area contributed by atoms with Crippen LogP contribution >= 0.6 is 11.8 Å². The number of phenolic OH excluding ortho intramolecular Hbond substituents is 1. The van der Waals surface area contributed by atoms with Crippen molar-refractivity contribution in [2.45, 2.75) is 10.8 Å². The molecular weight excluding hydrogens is 382 g/mol. The number of benzene rings is 1. The highest BCUT2D eigenvalue weighted by Crippen LogP contribution is 2.37. The van der Waals surface area contributed by atoms with Crippen molar-refractivity contribution >= 4 is 23.5 Å². The Morgan fingerprint density at radius 1 is 1.14 bits per heavy atom. The van der Waals surface area contributed by atoms with Crippen LogP contribution in [0.3, 0.4) is 0 Å². The molecule has 0 atom stereocenters. The third-order valence-electron chi connectivity index (χ3n) is 3.68. The van der Waals surface area contributed by atoms with Crippen LogP contribution in [0.5, 0.6) is 5.75 Å². The molecule has 140 valence electrons. The Kier molecular flexibility index (Phi) is 6.34. The van der Waals surface area contributed by atoms with Crippen molar-refractivity contribution in [3.8, 4) is 29.0 Å². The van der Waals surface area contributed by atoms with E-state index in [0.717, 1.165) is 0 Å². The SMILES string of the molecule is N#Cc1c(N)nc(SCc2ccc([NH+]=O)o2)c(C#N)c1-c1ccc(O)cc1.[OH-]. The van der Waals surface area contributed by atoms with Gasteiger partial charge < -0.3 is 20.7 Å². The number of rotatable bonds is 5. The number of phenols is 1. The fraction of sp³-hybridized carbons (Fsp3) is 0.0556. The van der Waals surface area contributed by atoms with E-state index in [0.29, 0.717) is 27.7 Å². The van der Waals surface area contributed by atoms with Crippen molar-refractivity contribution in [1.82, 2.24) is 4.98 Å². The normalized spacial score (nSPS) is 9.79. The molecule has 0 spiro atoms. The van der Waals surface area contributed by atoms with E-state index in [2.05, 4.69) is 11.1 Å². The Morgan fingerprint density at radius 3 is 2.39 bits per heavy atom. The molecule has 10 heteroatoms. The number of nitrogen functional groups attached to an aromatic ring is 1. The van der Waals surface area contributed by atoms with Crippen LogP contribution in [0.1, 0.15) is 16.9 Å². The van der Waals surface area contributed by atoms with Gasteiger partial charge in [0, 0.05) is 10.5 Å². The van der Waals surface area contributed by atoms with Crippen LogP contribution < -0.4 is 10.9 Å². The van der Waals surface area contributed by atoms with Gasteiger partial charge in [0.05, 0.1) is 22.6 Å². The smallest absolute Gasteiger partial charge is 0.418 e. The molecule has 0 saturated carbocycles. The van der Waals surface area contributed by atoms with Gasteiger partial charge in [0.15, 0.2) is 0 Å². The van der Waals surface area contributed by atoms with Crippen LogP contribution in [0.15, 0.2) is 45.8 Å². The lowest BCUT2D eigenvalue weighted by molar-refractivity contribution is -0.398. The van der Waals surface area contributed by atoms with E-state index >= 15 is 0 Å². The third kappa shape index (κ3) is 3.94. The average Bonchev–Trinajstić information content (AvgIpc) is 3.14. The predicted molar refractivity (Wildman–Crippen MR) is 99.4 cm³/mol. The minimum Gasteiger partial charge on any atom is -0.870 e. The van der Waals surface area contributed by atoms with Crippen LogP contribution in [0, 0.1) is 27.6 Å². The Bertz CT molecular complexity index is 1100. The van der Waals surface area contributed by atoms with Gasteiger partial charge in [-0.25, -0.2) is 4.98 Å². The van der Waals surface area contributed by atoms with Crippen molar-refractivity contribution in [2.24, 2.45) is 0 Å². The first kappa shape index (κ1) is 20.5. The number of aromatic hydroxyl groups is 1. The van der Waals surface area contributed by atoms with E-state index in [4.69, 9.17) is 10.2 Å². The maximum Gasteiger partial charge on any atom is 0.418 e. The lowest BCUT2D eigenvalue weighted by atomic mass is 9.97. The highest BCUT2D eigenvalue weighted by molar-refractivity contribution is 7.98. The second-order valence-corrected chi connectivity index (χ2v) is 6.32. The number of nitroso groups, excluding NO2 is 1. The van der Waals surface area contributed by atoms with E-state index in [1.54, 1.807) is 23.4 Å². The average molecular weight is 395 g/mol. The first-order valence-corrected chi connectivity index (χ1v) is 8.58. The molecule has 3 rings (SSSR count). The van der Waals surface area contributed by atoms with Gasteiger partial charge in [0.2, 0.25) is 0 Å². The molecule has 5 N–H and O–H groups in total. The number of nitrogens with one attached hydrogen (secondary N) is 1. The van der Waals surface area contributed by atoms with Gasteiger partial charge in [-0.15, -0.1) is 0 Å². The first-order chi connectivity index (χ1) is 13.1. The molecule has 2 heterocycles. The number of thioether (sulfide) groups is 1. The van der Waals surface area contributed by atoms with E-state index in [9.17, 15) is 20.5 Å². The van der Waals surface area contributed by atoms with Crippen LogP contribution in [0.2, 0.25) is 0 Å². The van der Waals surface area contributed by atoms with Crippen molar-refractivity contribution < 1.29 is 20.2 Å². The summed E-state index contributed by atoms with van der Waals surface area (Å²) < 4.78 is 5.26. The molecule has 0 saturated heterocycles. The largest absolute Gasteiger partial charge is 0.870 e. The molecule has 3 aromatic rings. The number of pyridine rings is 1. The first-order valence-electron chi connectivity index (χ1n) is 7.60. The van der Waals surface area contributed by atoms with Gasteiger partial charge in [-0.1, -0.05) is 23.9 Å². The number of furan rings is 1. The molecule has 1 aromatic carbocycles. The molecule has 0 aliphatic rings. The Balaban J connectivity index is 0.00000280. The number of hydrogen-bond donors (Lipinski definition) is 3. The Labute approximate surface area is 163 Å². The fourth-order valence-electron chi connectivity index (χ4n) is 2.47. The van der Waals surface area contributed by atoms with Crippen molar-refractivity contribution in [1.29, 1.82) is 10.5 Å². The summed E-state index contributed by atoms with van der Waals surface area (Å²) in [7, 11) is 0. The van der Waals surface area contributed by atoms with Crippen LogP contribution in [0.4, 0.5) is 11.7 Å². The maximum absolute atomic E-state index is 10.6. The molecule has 0 aliphatic heterocycles. The zero-order valence-electron chi connectivity index (χ0n) is 14.2. The van der Waals surface area contributed by atoms with Gasteiger partial charge in [-0.2, -0.15) is 10.5 Å². The number of nitrogens with two attached hydrogens (primary N) is 1. The molecule has 0 fully saturated rings. The second-order valence-electron chi connectivity index (χ2n) is 5.35. The molecule has 0 aliphatic carbocycles. The summed E-state index contributed by atoms with van der Waals surface area (Å²) in [5, 5.41) is 30.6. The lowest BCUT2D eigenvalue weighted by Gasteiger charge is -2.12. The second kappa shape index (κ2) is 8.68. The van der Waals surface area contributed by atoms with E-state index in [1.807, 2.05) is 6.07 Å². The summed E-state index contributed by atoms with van der Waals surface area (Å²) in [6.45, 7) is 0. The van der Waals surface area contributed by atoms with Crippen molar-refractivity contribution in [3.63, 3.8) is 0 Å². The standard InChI is InChI=1S/C18H11N5O3S.H2O/c19-7-13-16(10-1-3-11(24)4-2-10)14(8-20)18(22-17(13)21)27-9-12-5-6-15(23-25)26-12;/h1-6,24H,9H2,(H2,21,22);1H2. The zero-order valence-corrected chi connectivity index (χ0v) is 15.0. The molecule has 0 unspecified atom stereocenters. The van der Waals surface area contributed by atoms with Crippen molar-refractivity contribution in [3.05, 3.63) is 58.2 Å². The summed E-state index contributed by atoms with van der Waals surface area (Å²) in [5.74, 6) is 0.974. The van der Waals surface area contributed by atoms with Gasteiger partial charge in [0.25, 0.3) is 0 Å². The molecule has 0 amide bonds. The van der Waals surface area contributed by atoms with E-state index in [-0.39, 0.29) is 34.1 Å². The molecule has 0 bridgehead atoms. The van der Waals surface area contributed by atoms with E-state index < -0.39 is 0 Å². The number of nitriles is 2. The summed E-state index contributed by atoms with van der Waals surface area (Å²) in [4.78, 5) is 14.8. The third-order valence-corrected chi connectivity index (χ3v) is 4.68. The molecule has 2 aromatic heterocycles. The summed E-state index contributed by atoms with van der Waals surface area (Å²) in [5.41, 5.74) is 7.15.